The fourth-order valence-electron chi connectivity index (χ4n) is 4.89. The highest BCUT2D eigenvalue weighted by Gasteiger charge is 2.32. The van der Waals surface area contributed by atoms with Crippen LogP contribution >= 0.6 is 0 Å². The fraction of sp³-hybridized carbons (Fsp3) is 0.0333. The summed E-state index contributed by atoms with van der Waals surface area (Å²) in [6, 6.07) is 13.8. The highest BCUT2D eigenvalue weighted by Crippen LogP contribution is 2.49. The zero-order chi connectivity index (χ0) is 28.0. The summed E-state index contributed by atoms with van der Waals surface area (Å²) < 4.78 is 41.6. The molecule has 2 aromatic heterocycles. The molecule has 1 aliphatic heterocycles. The molecule has 0 fully saturated rings. The highest BCUT2D eigenvalue weighted by atomic mass is 32.2. The Morgan fingerprint density at radius 2 is 1.62 bits per heavy atom. The van der Waals surface area contributed by atoms with E-state index in [4.69, 9.17) is 4.74 Å². The van der Waals surface area contributed by atoms with Crippen molar-refractivity contribution in [2.45, 2.75) is 11.3 Å². The second kappa shape index (κ2) is 9.60. The number of carboxylic acid groups (broad SMARTS) is 1. The molecule has 6 rings (SSSR count). The van der Waals surface area contributed by atoms with E-state index in [1.807, 2.05) is 18.2 Å². The van der Waals surface area contributed by atoms with Gasteiger partial charge >= 0.3 is 5.97 Å². The Labute approximate surface area is 228 Å². The Morgan fingerprint density at radius 1 is 0.900 bits per heavy atom. The third-order valence-electron chi connectivity index (χ3n) is 6.73. The average Bonchev–Trinajstić information content (AvgIpc) is 2.95. The summed E-state index contributed by atoms with van der Waals surface area (Å²) in [6.45, 7) is 0. The number of aromatic carboxylic acids is 1. The maximum Gasteiger partial charge on any atom is 0.335 e. The number of carbonyl (C=O) groups is 1. The van der Waals surface area contributed by atoms with Crippen molar-refractivity contribution in [3.05, 3.63) is 125 Å². The van der Waals surface area contributed by atoms with Crippen LogP contribution in [0.25, 0.3) is 22.3 Å². The molecule has 1 aliphatic carbocycles. The Bertz CT molecular complexity index is 1900. The van der Waals surface area contributed by atoms with Gasteiger partial charge in [0.15, 0.2) is 0 Å². The number of nitrogens with zero attached hydrogens (tertiary/aromatic N) is 2. The number of pyridine rings is 2. The maximum atomic E-state index is 12.6. The van der Waals surface area contributed by atoms with Crippen molar-refractivity contribution >= 4 is 27.2 Å². The van der Waals surface area contributed by atoms with Crippen LogP contribution in [0.3, 0.4) is 0 Å². The van der Waals surface area contributed by atoms with E-state index in [9.17, 15) is 28.0 Å². The molecule has 3 N–H and O–H groups in total. The molecular formula is C30H20N2O7S. The van der Waals surface area contributed by atoms with Crippen molar-refractivity contribution < 1.29 is 32.7 Å². The van der Waals surface area contributed by atoms with Gasteiger partial charge in [0.2, 0.25) is 0 Å². The first-order valence-electron chi connectivity index (χ1n) is 12.1. The average molecular weight is 553 g/mol. The van der Waals surface area contributed by atoms with Gasteiger partial charge in [0, 0.05) is 64.3 Å². The number of hydrogen-bond donors (Lipinski definition) is 3. The molecular weight excluding hydrogens is 532 g/mol. The van der Waals surface area contributed by atoms with E-state index in [1.165, 1.54) is 18.2 Å². The normalized spacial score (nSPS) is 14.4. The molecule has 0 spiro atoms. The molecule has 0 amide bonds. The topological polar surface area (TPSA) is 147 Å². The molecule has 9 nitrogen and oxygen atoms in total. The summed E-state index contributed by atoms with van der Waals surface area (Å²) in [6.07, 6.45) is 10.7. The summed E-state index contributed by atoms with van der Waals surface area (Å²) in [5.41, 5.74) is 3.87. The van der Waals surface area contributed by atoms with Gasteiger partial charge in [0.1, 0.15) is 22.2 Å². The van der Waals surface area contributed by atoms with Crippen LogP contribution in [0, 0.1) is 0 Å². The first-order valence-corrected chi connectivity index (χ1v) is 13.5. The van der Waals surface area contributed by atoms with Crippen molar-refractivity contribution in [1.82, 2.24) is 9.97 Å². The van der Waals surface area contributed by atoms with E-state index in [0.717, 1.165) is 17.2 Å². The number of aromatic hydroxyl groups is 1. The van der Waals surface area contributed by atoms with E-state index >= 15 is 0 Å². The van der Waals surface area contributed by atoms with Crippen molar-refractivity contribution in [3.63, 3.8) is 0 Å². The molecule has 2 aromatic carbocycles. The molecule has 198 valence electrons. The lowest BCUT2D eigenvalue weighted by molar-refractivity contribution is 0.0696. The third-order valence-corrected chi connectivity index (χ3v) is 7.62. The number of fused-ring (bicyclic) bond motifs is 2. The summed E-state index contributed by atoms with van der Waals surface area (Å²) >= 11 is 0. The van der Waals surface area contributed by atoms with Gasteiger partial charge in [0.05, 0.1) is 5.56 Å². The molecule has 2 aliphatic rings. The number of hydrogen-bond acceptors (Lipinski definition) is 7. The Morgan fingerprint density at radius 3 is 2.27 bits per heavy atom. The Hall–Kier alpha value is -5.06. The largest absolute Gasteiger partial charge is 0.507 e. The first-order chi connectivity index (χ1) is 19.2. The van der Waals surface area contributed by atoms with Crippen LogP contribution in [0.4, 0.5) is 0 Å². The number of benzene rings is 2. The summed E-state index contributed by atoms with van der Waals surface area (Å²) in [5.74, 6) is -0.736. The molecule has 3 heterocycles. The van der Waals surface area contributed by atoms with Gasteiger partial charge in [-0.2, -0.15) is 8.42 Å². The van der Waals surface area contributed by atoms with Gasteiger partial charge in [-0.15, -0.1) is 0 Å². The van der Waals surface area contributed by atoms with Crippen LogP contribution in [-0.4, -0.2) is 39.1 Å². The quantitative estimate of drug-likeness (QED) is 0.278. The van der Waals surface area contributed by atoms with Crippen LogP contribution in [0.2, 0.25) is 0 Å². The monoisotopic (exact) mass is 552 g/mol. The fourth-order valence-corrected chi connectivity index (χ4v) is 5.62. The van der Waals surface area contributed by atoms with E-state index in [2.05, 4.69) is 9.97 Å². The van der Waals surface area contributed by atoms with Crippen LogP contribution in [-0.2, 0) is 10.1 Å². The van der Waals surface area contributed by atoms with Gasteiger partial charge in [0.25, 0.3) is 10.1 Å². The van der Waals surface area contributed by atoms with Crippen molar-refractivity contribution in [2.75, 3.05) is 0 Å². The summed E-state index contributed by atoms with van der Waals surface area (Å²) in [7, 11) is -4.86. The summed E-state index contributed by atoms with van der Waals surface area (Å²) in [5, 5.41) is 20.4. The number of rotatable bonds is 5. The molecule has 4 aromatic rings. The first kappa shape index (κ1) is 25.2. The highest BCUT2D eigenvalue weighted by molar-refractivity contribution is 7.86. The maximum absolute atomic E-state index is 12.6. The minimum absolute atomic E-state index is 0.0736. The number of phenols is 1. The smallest absolute Gasteiger partial charge is 0.335 e. The van der Waals surface area contributed by atoms with E-state index in [1.54, 1.807) is 49.1 Å². The molecule has 0 bridgehead atoms. The van der Waals surface area contributed by atoms with Crippen LogP contribution < -0.4 is 4.74 Å². The number of carboxylic acids is 1. The number of ether oxygens (including phenoxy) is 1. The standard InChI is InChI=1S/C30H20N2O7S/c33-25-14-27-24(13-22(25)20-4-2-10-32-16-20)29(21-7-5-18(30(34)35)12-28(21)40(36,37)38)23-11-17(6-8-26(23)39-27)19-3-1-9-31-15-19/h1-5,7-16,33H,6H2,(H,34,35)(H,36,37,38). The lowest BCUT2D eigenvalue weighted by atomic mass is 9.84. The van der Waals surface area contributed by atoms with Crippen LogP contribution in [0.1, 0.15) is 33.5 Å². The van der Waals surface area contributed by atoms with Crippen LogP contribution in [0.5, 0.6) is 11.5 Å². The molecule has 0 saturated carbocycles. The Balaban J connectivity index is 1.69. The number of phenolic OH excluding ortho intramolecular Hbond substituents is 1. The molecule has 0 atom stereocenters. The Kier molecular flexibility index (Phi) is 6.05. The van der Waals surface area contributed by atoms with Gasteiger partial charge in [-0.3, -0.25) is 14.5 Å². The summed E-state index contributed by atoms with van der Waals surface area (Å²) in [4.78, 5) is 19.4. The molecule has 0 radical (unpaired) electrons. The van der Waals surface area contributed by atoms with Gasteiger partial charge in [-0.1, -0.05) is 18.2 Å². The molecule has 10 heteroatoms. The third kappa shape index (κ3) is 4.45. The molecule has 0 unspecified atom stereocenters. The zero-order valence-corrected chi connectivity index (χ0v) is 21.5. The lowest BCUT2D eigenvalue weighted by Gasteiger charge is -2.29. The van der Waals surface area contributed by atoms with E-state index in [-0.39, 0.29) is 22.6 Å². The second-order valence-corrected chi connectivity index (χ2v) is 10.6. The number of allylic oxidation sites excluding steroid dienone is 3. The van der Waals surface area contributed by atoms with Crippen LogP contribution in [0.15, 0.2) is 108 Å². The zero-order valence-electron chi connectivity index (χ0n) is 20.6. The number of aromatic nitrogens is 2. The van der Waals surface area contributed by atoms with Gasteiger partial charge in [-0.05, 0) is 60.0 Å². The predicted molar refractivity (Wildman–Crippen MR) is 146 cm³/mol. The minimum atomic E-state index is -4.86. The van der Waals surface area contributed by atoms with E-state index < -0.39 is 21.0 Å². The molecule has 40 heavy (non-hydrogen) atoms. The van der Waals surface area contributed by atoms with Crippen molar-refractivity contribution in [1.29, 1.82) is 0 Å². The predicted octanol–water partition coefficient (Wildman–Crippen LogP) is 5.36. The van der Waals surface area contributed by atoms with Crippen molar-refractivity contribution in [2.24, 2.45) is 0 Å². The second-order valence-electron chi connectivity index (χ2n) is 9.17. The van der Waals surface area contributed by atoms with E-state index in [0.29, 0.717) is 40.0 Å². The minimum Gasteiger partial charge on any atom is -0.507 e. The van der Waals surface area contributed by atoms with Crippen molar-refractivity contribution in [3.8, 4) is 22.6 Å². The van der Waals surface area contributed by atoms with Gasteiger partial charge in [-0.25, -0.2) is 4.79 Å². The van der Waals surface area contributed by atoms with Gasteiger partial charge < -0.3 is 14.9 Å². The SMILES string of the molecule is O=C(O)c1ccc(C2=C3C=C(c4cccnc4)CC=C3Oc3cc(O)c(-c4cccnc4)cc32)c(S(=O)(=O)O)c1. The molecule has 0 saturated heterocycles. The lowest BCUT2D eigenvalue weighted by Crippen LogP contribution is -2.15.